The first-order valence-electron chi connectivity index (χ1n) is 11.1. The lowest BCUT2D eigenvalue weighted by Crippen LogP contribution is -2.50. The van der Waals surface area contributed by atoms with Crippen LogP contribution >= 0.6 is 0 Å². The number of nitrogens with zero attached hydrogens (tertiary/aromatic N) is 5. The van der Waals surface area contributed by atoms with Gasteiger partial charge in [0.25, 0.3) is 5.91 Å². The summed E-state index contributed by atoms with van der Waals surface area (Å²) in [5.41, 5.74) is 14.0. The molecule has 11 heteroatoms. The number of aromatic amines is 1. The summed E-state index contributed by atoms with van der Waals surface area (Å²) >= 11 is 0. The highest BCUT2D eigenvalue weighted by Crippen LogP contribution is 2.32. The molecule has 0 bridgehead atoms. The number of hydrogen-bond donors (Lipinski definition) is 4. The molecule has 4 aromatic rings. The number of H-pyrrole nitrogens is 1. The number of benzene rings is 1. The van der Waals surface area contributed by atoms with Gasteiger partial charge in [-0.25, -0.2) is 9.97 Å². The summed E-state index contributed by atoms with van der Waals surface area (Å²) < 4.78 is 15.2. The number of carbonyl (C=O) groups excluding carboxylic acids is 1. The Kier molecular flexibility index (Phi) is 5.72. The molecule has 0 unspecified atom stereocenters. The van der Waals surface area contributed by atoms with Crippen LogP contribution in [0.2, 0.25) is 0 Å². The number of para-hydroxylation sites is 2. The molecular weight excluding hydrogens is 437 g/mol. The van der Waals surface area contributed by atoms with E-state index in [9.17, 15) is 9.18 Å². The van der Waals surface area contributed by atoms with E-state index in [1.54, 1.807) is 16.9 Å². The Morgan fingerprint density at radius 1 is 1.24 bits per heavy atom. The zero-order valence-corrected chi connectivity index (χ0v) is 18.5. The maximum absolute atomic E-state index is 13.5. The first kappa shape index (κ1) is 22.0. The normalized spacial score (nSPS) is 16.1. The smallest absolute Gasteiger partial charge is 0.254 e. The largest absolute Gasteiger partial charge is 0.365 e. The van der Waals surface area contributed by atoms with Crippen molar-refractivity contribution in [2.75, 3.05) is 25.0 Å². The number of aromatic nitrogens is 5. The monoisotopic (exact) mass is 463 g/mol. The van der Waals surface area contributed by atoms with Gasteiger partial charge >= 0.3 is 0 Å². The number of nitrogens with two attached hydrogens (primary N) is 2. The van der Waals surface area contributed by atoms with Gasteiger partial charge in [0.1, 0.15) is 11.4 Å². The van der Waals surface area contributed by atoms with Crippen LogP contribution in [0.3, 0.4) is 0 Å². The van der Waals surface area contributed by atoms with E-state index in [0.717, 1.165) is 42.8 Å². The van der Waals surface area contributed by atoms with E-state index in [1.165, 1.54) is 12.3 Å². The second kappa shape index (κ2) is 8.84. The summed E-state index contributed by atoms with van der Waals surface area (Å²) in [6.45, 7) is 2.65. The van der Waals surface area contributed by atoms with Crippen LogP contribution in [0.5, 0.6) is 0 Å². The number of halogens is 1. The van der Waals surface area contributed by atoms with Gasteiger partial charge in [0.05, 0.1) is 23.1 Å². The summed E-state index contributed by atoms with van der Waals surface area (Å²) in [6.07, 6.45) is 4.45. The van der Waals surface area contributed by atoms with Crippen molar-refractivity contribution in [1.82, 2.24) is 29.6 Å². The van der Waals surface area contributed by atoms with Crippen molar-refractivity contribution >= 4 is 28.4 Å². The van der Waals surface area contributed by atoms with Crippen LogP contribution < -0.4 is 16.8 Å². The molecule has 10 nitrogen and oxygen atoms in total. The molecule has 4 heterocycles. The van der Waals surface area contributed by atoms with Crippen LogP contribution in [-0.4, -0.2) is 55.2 Å². The summed E-state index contributed by atoms with van der Waals surface area (Å²) in [5, 5.41) is 7.58. The van der Waals surface area contributed by atoms with Crippen molar-refractivity contribution in [1.29, 1.82) is 0 Å². The van der Waals surface area contributed by atoms with E-state index in [2.05, 4.69) is 30.3 Å². The number of likely N-dealkylation sites (tertiary alicyclic amines) is 1. The average molecular weight is 464 g/mol. The molecule has 1 fully saturated rings. The van der Waals surface area contributed by atoms with Crippen molar-refractivity contribution in [3.63, 3.8) is 0 Å². The van der Waals surface area contributed by atoms with Crippen molar-refractivity contribution in [2.24, 2.45) is 11.5 Å². The van der Waals surface area contributed by atoms with Gasteiger partial charge < -0.3 is 21.8 Å². The van der Waals surface area contributed by atoms with E-state index >= 15 is 0 Å². The number of rotatable bonds is 7. The number of piperidine rings is 1. The van der Waals surface area contributed by atoms with Gasteiger partial charge in [-0.3, -0.25) is 14.4 Å². The minimum Gasteiger partial charge on any atom is -0.365 e. The molecular formula is C23H26FN9O. The molecule has 1 saturated heterocycles. The van der Waals surface area contributed by atoms with Crippen LogP contribution in [0, 0.1) is 5.95 Å². The standard InChI is InChI=1S/C23H26FN9O/c24-19-11-15(5-8-27-19)28-22-16(21(26)34)12-33(31-22)23(14-25)6-9-32(10-7-23)13-20-29-17-3-1-2-4-18(17)30-20/h1-5,8,11-12H,6-7,9-10,13-14,25H2,(H2,26,34)(H,29,30)(H,27,28,31). The molecule has 0 spiro atoms. The van der Waals surface area contributed by atoms with E-state index in [4.69, 9.17) is 11.5 Å². The second-order valence-corrected chi connectivity index (χ2v) is 8.60. The fraction of sp³-hybridized carbons (Fsp3) is 0.304. The minimum atomic E-state index is -0.639. The third kappa shape index (κ3) is 4.22. The van der Waals surface area contributed by atoms with Crippen LogP contribution in [0.1, 0.15) is 29.0 Å². The van der Waals surface area contributed by atoms with Gasteiger partial charge in [-0.05, 0) is 31.0 Å². The van der Waals surface area contributed by atoms with Crippen LogP contribution in [0.25, 0.3) is 11.0 Å². The lowest BCUT2D eigenvalue weighted by atomic mass is 9.87. The predicted molar refractivity (Wildman–Crippen MR) is 126 cm³/mol. The van der Waals surface area contributed by atoms with Crippen LogP contribution in [0.15, 0.2) is 48.8 Å². The minimum absolute atomic E-state index is 0.217. The van der Waals surface area contributed by atoms with Gasteiger partial charge in [0.15, 0.2) is 5.82 Å². The van der Waals surface area contributed by atoms with E-state index < -0.39 is 17.4 Å². The first-order valence-corrected chi connectivity index (χ1v) is 11.1. The quantitative estimate of drug-likeness (QED) is 0.307. The molecule has 34 heavy (non-hydrogen) atoms. The predicted octanol–water partition coefficient (Wildman–Crippen LogP) is 2.09. The number of primary amides is 1. The number of anilines is 2. The number of carbonyl (C=O) groups is 1. The topological polar surface area (TPSA) is 144 Å². The van der Waals surface area contributed by atoms with Gasteiger partial charge in [-0.2, -0.15) is 9.49 Å². The number of fused-ring (bicyclic) bond motifs is 1. The molecule has 1 aliphatic heterocycles. The average Bonchev–Trinajstić information content (AvgIpc) is 3.44. The Hall–Kier alpha value is -3.83. The van der Waals surface area contributed by atoms with Crippen LogP contribution in [0.4, 0.5) is 15.9 Å². The third-order valence-electron chi connectivity index (χ3n) is 6.43. The fourth-order valence-corrected chi connectivity index (χ4v) is 4.45. The van der Waals surface area contributed by atoms with E-state index in [0.29, 0.717) is 18.8 Å². The zero-order chi connectivity index (χ0) is 23.7. The van der Waals surface area contributed by atoms with Crippen molar-refractivity contribution in [2.45, 2.75) is 24.9 Å². The highest BCUT2D eigenvalue weighted by molar-refractivity contribution is 5.98. The van der Waals surface area contributed by atoms with Gasteiger partial charge in [-0.1, -0.05) is 12.1 Å². The number of imidazole rings is 1. The number of pyridine rings is 1. The Balaban J connectivity index is 1.33. The third-order valence-corrected chi connectivity index (χ3v) is 6.43. The van der Waals surface area contributed by atoms with Crippen molar-refractivity contribution in [3.8, 4) is 0 Å². The summed E-state index contributed by atoms with van der Waals surface area (Å²) in [6, 6.07) is 10.8. The molecule has 5 rings (SSSR count). The molecule has 176 valence electrons. The van der Waals surface area contributed by atoms with Gasteiger partial charge in [-0.15, -0.1) is 0 Å². The lowest BCUT2D eigenvalue weighted by Gasteiger charge is -2.41. The van der Waals surface area contributed by atoms with Gasteiger partial charge in [0.2, 0.25) is 5.95 Å². The van der Waals surface area contributed by atoms with Crippen molar-refractivity contribution in [3.05, 3.63) is 66.1 Å². The Morgan fingerprint density at radius 2 is 2.03 bits per heavy atom. The Morgan fingerprint density at radius 3 is 2.74 bits per heavy atom. The zero-order valence-electron chi connectivity index (χ0n) is 18.5. The van der Waals surface area contributed by atoms with Crippen LogP contribution in [-0.2, 0) is 12.1 Å². The first-order chi connectivity index (χ1) is 16.5. The highest BCUT2D eigenvalue weighted by Gasteiger charge is 2.37. The molecule has 1 aromatic carbocycles. The molecule has 1 amide bonds. The van der Waals surface area contributed by atoms with Crippen molar-refractivity contribution < 1.29 is 9.18 Å². The molecule has 6 N–H and O–H groups in total. The highest BCUT2D eigenvalue weighted by atomic mass is 19.1. The molecule has 0 aliphatic carbocycles. The summed E-state index contributed by atoms with van der Waals surface area (Å²) in [4.78, 5) is 26.0. The fourth-order valence-electron chi connectivity index (χ4n) is 4.45. The number of hydrogen-bond acceptors (Lipinski definition) is 7. The lowest BCUT2D eigenvalue weighted by molar-refractivity contribution is 0.0976. The Labute approximate surface area is 195 Å². The van der Waals surface area contributed by atoms with E-state index in [-0.39, 0.29) is 11.4 Å². The maximum atomic E-state index is 13.5. The molecule has 3 aromatic heterocycles. The summed E-state index contributed by atoms with van der Waals surface area (Å²) in [5.74, 6) is -0.0821. The molecule has 0 radical (unpaired) electrons. The molecule has 1 aliphatic rings. The summed E-state index contributed by atoms with van der Waals surface area (Å²) in [7, 11) is 0. The van der Waals surface area contributed by atoms with E-state index in [1.807, 2.05) is 24.3 Å². The maximum Gasteiger partial charge on any atom is 0.254 e. The number of amides is 1. The molecule has 0 atom stereocenters. The Bertz CT molecular complexity index is 1290. The second-order valence-electron chi connectivity index (χ2n) is 8.60. The van der Waals surface area contributed by atoms with Gasteiger partial charge in [0, 0.05) is 43.8 Å². The molecule has 0 saturated carbocycles. The SMILES string of the molecule is NCC1(n2cc(C(N)=O)c(Nc3ccnc(F)c3)n2)CCN(Cc2nc3ccccc3[nH]2)CC1. The number of nitrogens with one attached hydrogen (secondary N) is 2.